The molecule has 0 aromatic heterocycles. The second-order valence-electron chi connectivity index (χ2n) is 4.11. The molecule has 14 heavy (non-hydrogen) atoms. The number of hydrogen-bond acceptors (Lipinski definition) is 2. The molecule has 1 saturated carbocycles. The molecule has 5 atom stereocenters. The molecule has 0 aromatic carbocycles. The minimum atomic E-state index is -0.125. The molecule has 0 aliphatic heterocycles. The zero-order valence-electron chi connectivity index (χ0n) is 7.78. The molecule has 78 valence electrons. The fourth-order valence-corrected chi connectivity index (χ4v) is 4.80. The Bertz CT molecular complexity index is 300. The van der Waals surface area contributed by atoms with Crippen LogP contribution >= 0.6 is 31.9 Å². The monoisotopic (exact) mass is 322 g/mol. The topological polar surface area (TPSA) is 37.3 Å². The first-order valence-corrected chi connectivity index (χ1v) is 6.44. The zero-order chi connectivity index (χ0) is 10.5. The fourth-order valence-electron chi connectivity index (χ4n) is 2.57. The van der Waals surface area contributed by atoms with Gasteiger partial charge in [-0.25, -0.2) is 0 Å². The van der Waals surface area contributed by atoms with Gasteiger partial charge in [-0.1, -0.05) is 44.9 Å². The van der Waals surface area contributed by atoms with Crippen molar-refractivity contribution in [3.05, 3.63) is 10.6 Å². The highest BCUT2D eigenvalue weighted by Gasteiger charge is 2.50. The molecular weight excluding hydrogens is 312 g/mol. The smallest absolute Gasteiger partial charge is 0.154 e. The maximum Gasteiger partial charge on any atom is 0.154 e. The highest BCUT2D eigenvalue weighted by atomic mass is 79.9. The van der Waals surface area contributed by atoms with Gasteiger partial charge in [-0.15, -0.1) is 0 Å². The summed E-state index contributed by atoms with van der Waals surface area (Å²) in [4.78, 5) is 11.7. The number of aliphatic hydroxyl groups excluding tert-OH is 1. The Labute approximate surface area is 100 Å². The molecule has 2 bridgehead atoms. The number of Topliss-reactive ketones (excluding diaryl/α,β-unsaturated/α-hetero) is 1. The highest BCUT2D eigenvalue weighted by molar-refractivity contribution is 9.12. The van der Waals surface area contributed by atoms with E-state index in [9.17, 15) is 9.90 Å². The third kappa shape index (κ3) is 1.34. The van der Waals surface area contributed by atoms with E-state index >= 15 is 0 Å². The minimum absolute atomic E-state index is 0.0316. The molecule has 0 saturated heterocycles. The first-order valence-electron chi connectivity index (χ1n) is 4.73. The van der Waals surface area contributed by atoms with E-state index in [2.05, 4.69) is 31.9 Å². The van der Waals surface area contributed by atoms with Crippen LogP contribution in [0.25, 0.3) is 0 Å². The quantitative estimate of drug-likeness (QED) is 0.750. The van der Waals surface area contributed by atoms with Gasteiger partial charge in [-0.3, -0.25) is 4.79 Å². The van der Waals surface area contributed by atoms with Crippen LogP contribution in [0.15, 0.2) is 10.6 Å². The zero-order valence-corrected chi connectivity index (χ0v) is 11.0. The molecule has 1 unspecified atom stereocenters. The van der Waals surface area contributed by atoms with E-state index in [1.807, 2.05) is 13.0 Å². The molecule has 0 aromatic rings. The van der Waals surface area contributed by atoms with Crippen LogP contribution in [0.3, 0.4) is 0 Å². The SMILES string of the molecule is C[C@@H]1[C@@H](CO)[C@@H]2C(Br)=C[C@H]1C(=O)C2Br. The van der Waals surface area contributed by atoms with E-state index in [4.69, 9.17) is 0 Å². The van der Waals surface area contributed by atoms with Gasteiger partial charge in [0.25, 0.3) is 0 Å². The van der Waals surface area contributed by atoms with Crippen molar-refractivity contribution in [2.45, 2.75) is 11.8 Å². The normalized spacial score (nSPS) is 46.7. The summed E-state index contributed by atoms with van der Waals surface area (Å²) in [6, 6.07) is 0. The Balaban J connectivity index is 2.42. The van der Waals surface area contributed by atoms with Crippen molar-refractivity contribution in [1.29, 1.82) is 0 Å². The van der Waals surface area contributed by atoms with Crippen LogP contribution in [0.5, 0.6) is 0 Å². The molecule has 1 fully saturated rings. The average Bonchev–Trinajstić information content (AvgIpc) is 2.16. The molecule has 0 amide bonds. The van der Waals surface area contributed by atoms with Crippen molar-refractivity contribution >= 4 is 37.6 Å². The summed E-state index contributed by atoms with van der Waals surface area (Å²) in [6.07, 6.45) is 2.00. The Morgan fingerprint density at radius 3 is 2.79 bits per heavy atom. The largest absolute Gasteiger partial charge is 0.396 e. The van der Waals surface area contributed by atoms with E-state index < -0.39 is 0 Å². The number of carbonyl (C=O) groups is 1. The van der Waals surface area contributed by atoms with E-state index in [-0.39, 0.29) is 40.9 Å². The van der Waals surface area contributed by atoms with Gasteiger partial charge in [-0.2, -0.15) is 0 Å². The molecule has 0 heterocycles. The molecule has 3 rings (SSSR count). The van der Waals surface area contributed by atoms with Crippen LogP contribution in [0.1, 0.15) is 6.92 Å². The Morgan fingerprint density at radius 1 is 1.57 bits per heavy atom. The molecule has 1 N–H and O–H groups in total. The summed E-state index contributed by atoms with van der Waals surface area (Å²) in [7, 11) is 0. The summed E-state index contributed by atoms with van der Waals surface area (Å²) in [5.41, 5.74) is 0. The van der Waals surface area contributed by atoms with Crippen LogP contribution < -0.4 is 0 Å². The Kier molecular flexibility index (Phi) is 2.88. The number of aliphatic hydroxyl groups is 1. The summed E-state index contributed by atoms with van der Waals surface area (Å²) < 4.78 is 1.07. The number of hydrogen-bond donors (Lipinski definition) is 1. The summed E-state index contributed by atoms with van der Waals surface area (Å²) in [5, 5.41) is 9.33. The standard InChI is InChI=1S/C10H12Br2O2/c1-4-5-2-7(11)8(6(4)3-13)9(12)10(5)14/h2,4-6,8-9,13H,3H2,1H3/t4-,5+,6+,8+,9?/m0/s1. The predicted molar refractivity (Wildman–Crippen MR) is 61.5 cm³/mol. The van der Waals surface area contributed by atoms with Gasteiger partial charge in [0.2, 0.25) is 0 Å². The van der Waals surface area contributed by atoms with Crippen molar-refractivity contribution in [2.75, 3.05) is 6.61 Å². The molecular formula is C10H12Br2O2. The third-order valence-electron chi connectivity index (χ3n) is 3.49. The third-order valence-corrected chi connectivity index (χ3v) is 5.30. The lowest BCUT2D eigenvalue weighted by Crippen LogP contribution is -2.50. The Morgan fingerprint density at radius 2 is 2.21 bits per heavy atom. The number of carbonyl (C=O) groups excluding carboxylic acids is 1. The van der Waals surface area contributed by atoms with Crippen molar-refractivity contribution in [3.63, 3.8) is 0 Å². The second kappa shape index (κ2) is 3.72. The van der Waals surface area contributed by atoms with Gasteiger partial charge in [0.1, 0.15) is 0 Å². The van der Waals surface area contributed by atoms with Gasteiger partial charge < -0.3 is 5.11 Å². The van der Waals surface area contributed by atoms with Crippen LogP contribution in [0.4, 0.5) is 0 Å². The number of fused-ring (bicyclic) bond motifs is 2. The second-order valence-corrected chi connectivity index (χ2v) is 6.01. The minimum Gasteiger partial charge on any atom is -0.396 e. The first-order chi connectivity index (χ1) is 6.57. The maximum absolute atomic E-state index is 11.8. The molecule has 0 radical (unpaired) electrons. The van der Waals surface area contributed by atoms with Crippen LogP contribution in [-0.4, -0.2) is 22.3 Å². The van der Waals surface area contributed by atoms with Crippen molar-refractivity contribution in [3.8, 4) is 0 Å². The van der Waals surface area contributed by atoms with Gasteiger partial charge in [0, 0.05) is 18.4 Å². The number of halogens is 2. The highest BCUT2D eigenvalue weighted by Crippen LogP contribution is 2.50. The van der Waals surface area contributed by atoms with E-state index in [0.717, 1.165) is 4.48 Å². The van der Waals surface area contributed by atoms with Gasteiger partial charge in [-0.05, 0) is 16.3 Å². The van der Waals surface area contributed by atoms with E-state index in [0.29, 0.717) is 0 Å². The van der Waals surface area contributed by atoms with Gasteiger partial charge in [0.15, 0.2) is 5.78 Å². The molecule has 0 spiro atoms. The number of alkyl halides is 1. The summed E-state index contributed by atoms with van der Waals surface area (Å²) in [5.74, 6) is 0.799. The number of rotatable bonds is 1. The average molecular weight is 324 g/mol. The number of ketones is 1. The molecule has 4 heteroatoms. The molecule has 3 aliphatic carbocycles. The predicted octanol–water partition coefficient (Wildman–Crippen LogP) is 2.10. The summed E-state index contributed by atoms with van der Waals surface area (Å²) >= 11 is 6.92. The van der Waals surface area contributed by atoms with Crippen molar-refractivity contribution in [2.24, 2.45) is 23.7 Å². The number of allylic oxidation sites excluding steroid dienone is 2. The Hall–Kier alpha value is 0.330. The van der Waals surface area contributed by atoms with E-state index in [1.54, 1.807) is 0 Å². The van der Waals surface area contributed by atoms with Crippen LogP contribution in [0.2, 0.25) is 0 Å². The van der Waals surface area contributed by atoms with Gasteiger partial charge in [0.05, 0.1) is 4.83 Å². The van der Waals surface area contributed by atoms with Crippen LogP contribution in [0, 0.1) is 23.7 Å². The lowest BCUT2D eigenvalue weighted by Gasteiger charge is -2.46. The molecule has 3 aliphatic rings. The lowest BCUT2D eigenvalue weighted by atomic mass is 9.62. The van der Waals surface area contributed by atoms with Gasteiger partial charge >= 0.3 is 0 Å². The fraction of sp³-hybridized carbons (Fsp3) is 0.700. The van der Waals surface area contributed by atoms with Crippen LogP contribution in [-0.2, 0) is 4.79 Å². The first kappa shape index (κ1) is 10.8. The van der Waals surface area contributed by atoms with E-state index in [1.165, 1.54) is 0 Å². The maximum atomic E-state index is 11.8. The van der Waals surface area contributed by atoms with Crippen molar-refractivity contribution in [1.82, 2.24) is 0 Å². The summed E-state index contributed by atoms with van der Waals surface area (Å²) in [6.45, 7) is 2.20. The van der Waals surface area contributed by atoms with Crippen molar-refractivity contribution < 1.29 is 9.90 Å². The lowest BCUT2D eigenvalue weighted by molar-refractivity contribution is -0.128. The molecule has 2 nitrogen and oxygen atoms in total.